The number of halogens is 1. The Morgan fingerprint density at radius 3 is 2.71 bits per heavy atom. The van der Waals surface area contributed by atoms with E-state index in [1.165, 1.54) is 23.6 Å². The number of carbonyl (C=O) groups excluding carboxylic acids is 2. The molecule has 2 aromatic heterocycles. The first kappa shape index (κ1) is 18.5. The maximum atomic E-state index is 13.0. The highest BCUT2D eigenvalue weighted by atomic mass is 32.1. The van der Waals surface area contributed by atoms with Crippen molar-refractivity contribution < 1.29 is 14.0 Å². The van der Waals surface area contributed by atoms with Crippen LogP contribution in [0.1, 0.15) is 44.9 Å². The molecule has 1 amide bonds. The van der Waals surface area contributed by atoms with Gasteiger partial charge in [0.25, 0.3) is 5.91 Å². The Bertz CT molecular complexity index is 1040. The van der Waals surface area contributed by atoms with Gasteiger partial charge in [0.1, 0.15) is 0 Å². The standard InChI is InChI=1S/C22H19FN2O2S/c1-13-2-5-15(18(26)10-14-3-4-14)11-17(13)25-22(27)20-8-7-19(28-20)16-6-9-21(23)24-12-16/h2,5-9,11-12,14H,3-4,10H2,1H3,(H,25,27). The topological polar surface area (TPSA) is 59.1 Å². The number of nitrogens with one attached hydrogen (secondary N) is 1. The average Bonchev–Trinajstić information content (AvgIpc) is 3.35. The molecule has 6 heteroatoms. The fraction of sp³-hybridized carbons (Fsp3) is 0.227. The second kappa shape index (κ2) is 7.64. The summed E-state index contributed by atoms with van der Waals surface area (Å²) in [6, 6.07) is 11.9. The molecule has 3 aromatic rings. The molecule has 1 fully saturated rings. The highest BCUT2D eigenvalue weighted by Gasteiger charge is 2.25. The largest absolute Gasteiger partial charge is 0.321 e. The molecule has 2 heterocycles. The van der Waals surface area contributed by atoms with Crippen molar-refractivity contribution in [2.24, 2.45) is 5.92 Å². The van der Waals surface area contributed by atoms with Crippen LogP contribution >= 0.6 is 11.3 Å². The number of pyridine rings is 1. The van der Waals surface area contributed by atoms with Crippen molar-refractivity contribution in [2.45, 2.75) is 26.2 Å². The molecule has 0 bridgehead atoms. The zero-order valence-corrected chi connectivity index (χ0v) is 16.2. The molecule has 1 saturated carbocycles. The summed E-state index contributed by atoms with van der Waals surface area (Å²) in [6.07, 6.45) is 4.29. The van der Waals surface area contributed by atoms with Gasteiger partial charge in [-0.05, 0) is 61.6 Å². The molecule has 4 nitrogen and oxygen atoms in total. The number of Topliss-reactive ketones (excluding diaryl/α,β-unsaturated/α-hetero) is 1. The number of ketones is 1. The Labute approximate surface area is 166 Å². The van der Waals surface area contributed by atoms with Crippen molar-refractivity contribution in [1.82, 2.24) is 4.98 Å². The van der Waals surface area contributed by atoms with Gasteiger partial charge >= 0.3 is 0 Å². The minimum Gasteiger partial charge on any atom is -0.321 e. The molecule has 0 atom stereocenters. The van der Waals surface area contributed by atoms with Crippen molar-refractivity contribution in [3.63, 3.8) is 0 Å². The van der Waals surface area contributed by atoms with Gasteiger partial charge < -0.3 is 5.32 Å². The van der Waals surface area contributed by atoms with E-state index in [9.17, 15) is 14.0 Å². The fourth-order valence-corrected chi connectivity index (χ4v) is 3.84. The number of aromatic nitrogens is 1. The van der Waals surface area contributed by atoms with Gasteiger partial charge in [-0.25, -0.2) is 4.98 Å². The molecule has 0 aliphatic heterocycles. The normalized spacial score (nSPS) is 13.4. The molecule has 4 rings (SSSR count). The summed E-state index contributed by atoms with van der Waals surface area (Å²) in [5.74, 6) is -0.122. The van der Waals surface area contributed by atoms with E-state index >= 15 is 0 Å². The lowest BCUT2D eigenvalue weighted by atomic mass is 10.0. The second-order valence-corrected chi connectivity index (χ2v) is 8.17. The second-order valence-electron chi connectivity index (χ2n) is 7.09. The number of thiophene rings is 1. The number of nitrogens with zero attached hydrogens (tertiary/aromatic N) is 1. The Hall–Kier alpha value is -2.86. The number of amides is 1. The first-order valence-electron chi connectivity index (χ1n) is 9.16. The highest BCUT2D eigenvalue weighted by molar-refractivity contribution is 7.17. The van der Waals surface area contributed by atoms with Crippen LogP contribution in [-0.4, -0.2) is 16.7 Å². The van der Waals surface area contributed by atoms with Crippen LogP contribution in [0.15, 0.2) is 48.7 Å². The maximum Gasteiger partial charge on any atom is 0.265 e. The number of rotatable bonds is 6. The van der Waals surface area contributed by atoms with Gasteiger partial charge in [-0.2, -0.15) is 4.39 Å². The van der Waals surface area contributed by atoms with Crippen LogP contribution in [0.2, 0.25) is 0 Å². The predicted molar refractivity (Wildman–Crippen MR) is 108 cm³/mol. The van der Waals surface area contributed by atoms with E-state index in [4.69, 9.17) is 0 Å². The van der Waals surface area contributed by atoms with Crippen LogP contribution in [0.25, 0.3) is 10.4 Å². The number of hydrogen-bond acceptors (Lipinski definition) is 4. The molecule has 1 aliphatic rings. The molecule has 0 unspecified atom stereocenters. The number of hydrogen-bond donors (Lipinski definition) is 1. The summed E-state index contributed by atoms with van der Waals surface area (Å²) < 4.78 is 13.0. The van der Waals surface area contributed by atoms with E-state index in [1.54, 1.807) is 18.2 Å². The van der Waals surface area contributed by atoms with E-state index in [0.717, 1.165) is 28.8 Å². The van der Waals surface area contributed by atoms with Crippen LogP contribution in [0.5, 0.6) is 0 Å². The van der Waals surface area contributed by atoms with E-state index in [-0.39, 0.29) is 11.7 Å². The Morgan fingerprint density at radius 1 is 1.18 bits per heavy atom. The summed E-state index contributed by atoms with van der Waals surface area (Å²) in [4.78, 5) is 30.0. The molecule has 1 aliphatic carbocycles. The van der Waals surface area contributed by atoms with E-state index in [1.807, 2.05) is 25.1 Å². The Morgan fingerprint density at radius 2 is 2.00 bits per heavy atom. The van der Waals surface area contributed by atoms with Crippen molar-refractivity contribution in [3.05, 3.63) is 70.6 Å². The smallest absolute Gasteiger partial charge is 0.265 e. The summed E-state index contributed by atoms with van der Waals surface area (Å²) in [7, 11) is 0. The lowest BCUT2D eigenvalue weighted by Crippen LogP contribution is -2.12. The number of anilines is 1. The summed E-state index contributed by atoms with van der Waals surface area (Å²) in [5.41, 5.74) is 2.94. The lowest BCUT2D eigenvalue weighted by molar-refractivity contribution is 0.0974. The fourth-order valence-electron chi connectivity index (χ4n) is 2.95. The Balaban J connectivity index is 1.50. The molecule has 0 saturated heterocycles. The molecule has 0 spiro atoms. The van der Waals surface area contributed by atoms with E-state index < -0.39 is 5.95 Å². The third kappa shape index (κ3) is 4.17. The summed E-state index contributed by atoms with van der Waals surface area (Å²) >= 11 is 1.31. The van der Waals surface area contributed by atoms with E-state index in [2.05, 4.69) is 10.3 Å². The van der Waals surface area contributed by atoms with Crippen molar-refractivity contribution in [3.8, 4) is 10.4 Å². The lowest BCUT2D eigenvalue weighted by Gasteiger charge is -2.10. The minimum absolute atomic E-state index is 0.125. The highest BCUT2D eigenvalue weighted by Crippen LogP contribution is 2.34. The molecule has 1 N–H and O–H groups in total. The summed E-state index contributed by atoms with van der Waals surface area (Å²) in [5, 5.41) is 2.91. The van der Waals surface area contributed by atoms with Crippen molar-refractivity contribution in [2.75, 3.05) is 5.32 Å². The molecular formula is C22H19FN2O2S. The monoisotopic (exact) mass is 394 g/mol. The third-order valence-corrected chi connectivity index (χ3v) is 5.95. The quantitative estimate of drug-likeness (QED) is 0.444. The van der Waals surface area contributed by atoms with Crippen LogP contribution in [0.4, 0.5) is 10.1 Å². The zero-order valence-electron chi connectivity index (χ0n) is 15.4. The van der Waals surface area contributed by atoms with Gasteiger partial charge in [0.05, 0.1) is 4.88 Å². The number of carbonyl (C=O) groups is 2. The van der Waals surface area contributed by atoms with Gasteiger partial charge in [0.15, 0.2) is 5.78 Å². The predicted octanol–water partition coefficient (Wildman–Crippen LogP) is 5.49. The number of benzene rings is 1. The summed E-state index contributed by atoms with van der Waals surface area (Å²) in [6.45, 7) is 1.90. The molecule has 28 heavy (non-hydrogen) atoms. The Kier molecular flexibility index (Phi) is 5.05. The molecule has 142 valence electrons. The van der Waals surface area contributed by atoms with E-state index in [0.29, 0.717) is 28.5 Å². The number of aryl methyl sites for hydroxylation is 1. The van der Waals surface area contributed by atoms with Gasteiger partial charge in [0.2, 0.25) is 5.95 Å². The minimum atomic E-state index is -0.537. The van der Waals surface area contributed by atoms with Gasteiger partial charge in [-0.15, -0.1) is 11.3 Å². The van der Waals surface area contributed by atoms with Crippen LogP contribution < -0.4 is 5.32 Å². The van der Waals surface area contributed by atoms with Gasteiger partial charge in [0, 0.05) is 34.3 Å². The van der Waals surface area contributed by atoms with Crippen molar-refractivity contribution in [1.29, 1.82) is 0 Å². The van der Waals surface area contributed by atoms with Crippen molar-refractivity contribution >= 4 is 28.7 Å². The van der Waals surface area contributed by atoms with Crippen LogP contribution in [0, 0.1) is 18.8 Å². The first-order chi connectivity index (χ1) is 13.5. The molecule has 1 aromatic carbocycles. The van der Waals surface area contributed by atoms with Crippen LogP contribution in [0.3, 0.4) is 0 Å². The molecule has 0 radical (unpaired) electrons. The van der Waals surface area contributed by atoms with Gasteiger partial charge in [-0.1, -0.05) is 12.1 Å². The van der Waals surface area contributed by atoms with Gasteiger partial charge in [-0.3, -0.25) is 9.59 Å². The third-order valence-electron chi connectivity index (χ3n) is 4.82. The van der Waals surface area contributed by atoms with Crippen LogP contribution in [-0.2, 0) is 0 Å². The first-order valence-corrected chi connectivity index (χ1v) is 9.98. The SMILES string of the molecule is Cc1ccc(C(=O)CC2CC2)cc1NC(=O)c1ccc(-c2ccc(F)nc2)s1. The zero-order chi connectivity index (χ0) is 19.7. The molecular weight excluding hydrogens is 375 g/mol. The maximum absolute atomic E-state index is 13.0. The average molecular weight is 394 g/mol.